The molecule has 3 rings (SSSR count). The number of fused-ring (bicyclic) bond motifs is 2. The standard InChI is InChI=1S/C21H36O7/c1-11(2)21(8,10-19(3,4)5)18(23)26-15-14-12(24-16(15)22)9-13-17(25-14)28-20(6,7)27-13/h11-17,22H,9-10H2,1-8H3. The van der Waals surface area contributed by atoms with Crippen molar-refractivity contribution in [2.75, 3.05) is 0 Å². The second kappa shape index (κ2) is 7.20. The van der Waals surface area contributed by atoms with Gasteiger partial charge in [-0.3, -0.25) is 4.79 Å². The van der Waals surface area contributed by atoms with Crippen molar-refractivity contribution < 1.29 is 33.6 Å². The Labute approximate surface area is 168 Å². The maximum absolute atomic E-state index is 13.2. The van der Waals surface area contributed by atoms with Gasteiger partial charge in [0.15, 0.2) is 24.5 Å². The molecule has 3 heterocycles. The van der Waals surface area contributed by atoms with E-state index >= 15 is 0 Å². The van der Waals surface area contributed by atoms with Crippen molar-refractivity contribution in [2.45, 2.75) is 111 Å². The predicted octanol–water partition coefficient (Wildman–Crippen LogP) is 2.98. The van der Waals surface area contributed by atoms with Crippen LogP contribution in [0.3, 0.4) is 0 Å². The lowest BCUT2D eigenvalue weighted by molar-refractivity contribution is -0.231. The van der Waals surface area contributed by atoms with Gasteiger partial charge in [0.25, 0.3) is 0 Å². The van der Waals surface area contributed by atoms with Crippen LogP contribution in [0, 0.1) is 16.7 Å². The van der Waals surface area contributed by atoms with E-state index in [4.69, 9.17) is 23.7 Å². The minimum atomic E-state index is -1.23. The summed E-state index contributed by atoms with van der Waals surface area (Å²) in [5.41, 5.74) is -0.719. The Morgan fingerprint density at radius 2 is 1.79 bits per heavy atom. The lowest BCUT2D eigenvalue weighted by Crippen LogP contribution is -2.50. The largest absolute Gasteiger partial charge is 0.454 e. The number of aliphatic hydroxyl groups excluding tert-OH is 1. The van der Waals surface area contributed by atoms with Gasteiger partial charge in [-0.2, -0.15) is 0 Å². The molecule has 0 aromatic heterocycles. The van der Waals surface area contributed by atoms with Crippen molar-refractivity contribution in [3.05, 3.63) is 0 Å². The summed E-state index contributed by atoms with van der Waals surface area (Å²) in [7, 11) is 0. The lowest BCUT2D eigenvalue weighted by Gasteiger charge is -2.39. The first-order chi connectivity index (χ1) is 12.7. The summed E-state index contributed by atoms with van der Waals surface area (Å²) >= 11 is 0. The highest BCUT2D eigenvalue weighted by atomic mass is 16.8. The van der Waals surface area contributed by atoms with Crippen molar-refractivity contribution in [3.8, 4) is 0 Å². The van der Waals surface area contributed by atoms with Crippen molar-refractivity contribution >= 4 is 5.97 Å². The van der Waals surface area contributed by atoms with Gasteiger partial charge in [0.1, 0.15) is 12.2 Å². The third kappa shape index (κ3) is 4.24. The van der Waals surface area contributed by atoms with Crippen LogP contribution in [0.1, 0.15) is 68.2 Å². The molecule has 3 aliphatic rings. The molecule has 1 N–H and O–H groups in total. The van der Waals surface area contributed by atoms with Crippen LogP contribution in [-0.4, -0.2) is 53.9 Å². The molecule has 0 saturated carbocycles. The average molecular weight is 401 g/mol. The zero-order valence-corrected chi connectivity index (χ0v) is 18.4. The molecule has 7 heteroatoms. The van der Waals surface area contributed by atoms with E-state index in [2.05, 4.69) is 20.8 Å². The average Bonchev–Trinajstić information content (AvgIpc) is 2.97. The monoisotopic (exact) mass is 400 g/mol. The summed E-state index contributed by atoms with van der Waals surface area (Å²) in [4.78, 5) is 13.2. The summed E-state index contributed by atoms with van der Waals surface area (Å²) in [5, 5.41) is 10.4. The topological polar surface area (TPSA) is 83.5 Å². The molecule has 0 bridgehead atoms. The van der Waals surface area contributed by atoms with E-state index in [9.17, 15) is 9.90 Å². The fourth-order valence-electron chi connectivity index (χ4n) is 4.52. The molecule has 162 valence electrons. The summed E-state index contributed by atoms with van der Waals surface area (Å²) in [6.07, 6.45) is -2.72. The van der Waals surface area contributed by atoms with Crippen LogP contribution in [0.4, 0.5) is 0 Å². The van der Waals surface area contributed by atoms with E-state index in [1.165, 1.54) is 0 Å². The van der Waals surface area contributed by atoms with E-state index in [1.807, 2.05) is 34.6 Å². The van der Waals surface area contributed by atoms with Crippen LogP contribution in [0.15, 0.2) is 0 Å². The molecule has 3 aliphatic heterocycles. The predicted molar refractivity (Wildman–Crippen MR) is 101 cm³/mol. The highest BCUT2D eigenvalue weighted by Crippen LogP contribution is 2.44. The number of carbonyl (C=O) groups is 1. The Balaban J connectivity index is 1.73. The molecular weight excluding hydrogens is 364 g/mol. The normalized spacial score (nSPS) is 39.4. The summed E-state index contributed by atoms with van der Waals surface area (Å²) in [5.74, 6) is -0.985. The number of aliphatic hydroxyl groups is 1. The molecule has 0 aromatic rings. The Morgan fingerprint density at radius 3 is 2.36 bits per heavy atom. The Morgan fingerprint density at radius 1 is 1.14 bits per heavy atom. The van der Waals surface area contributed by atoms with Crippen LogP contribution in [0.25, 0.3) is 0 Å². The van der Waals surface area contributed by atoms with Gasteiger partial charge in [0.05, 0.1) is 11.5 Å². The van der Waals surface area contributed by atoms with Crippen LogP contribution in [-0.2, 0) is 28.5 Å². The highest BCUT2D eigenvalue weighted by Gasteiger charge is 2.58. The summed E-state index contributed by atoms with van der Waals surface area (Å²) in [6, 6.07) is 0. The van der Waals surface area contributed by atoms with Crippen molar-refractivity contribution in [1.82, 2.24) is 0 Å². The first kappa shape index (κ1) is 22.0. The van der Waals surface area contributed by atoms with Gasteiger partial charge in [-0.05, 0) is 38.5 Å². The third-order valence-corrected chi connectivity index (χ3v) is 6.06. The molecule has 28 heavy (non-hydrogen) atoms. The van der Waals surface area contributed by atoms with E-state index in [0.717, 1.165) is 0 Å². The number of hydrogen-bond donors (Lipinski definition) is 1. The Hall–Kier alpha value is -0.730. The maximum Gasteiger partial charge on any atom is 0.312 e. The van der Waals surface area contributed by atoms with Gasteiger partial charge in [-0.25, -0.2) is 0 Å². The molecule has 0 aliphatic carbocycles. The van der Waals surface area contributed by atoms with E-state index in [1.54, 1.807) is 0 Å². The highest BCUT2D eigenvalue weighted by molar-refractivity contribution is 5.77. The van der Waals surface area contributed by atoms with Crippen LogP contribution < -0.4 is 0 Å². The SMILES string of the molecule is CC(C)C(C)(CC(C)(C)C)C(=O)OC1C(O)OC2CC3OC(C)(C)OC3OC21. The molecule has 7 nitrogen and oxygen atoms in total. The van der Waals surface area contributed by atoms with Crippen molar-refractivity contribution in [1.29, 1.82) is 0 Å². The van der Waals surface area contributed by atoms with Crippen molar-refractivity contribution in [2.24, 2.45) is 16.7 Å². The Bertz CT molecular complexity index is 596. The number of rotatable bonds is 4. The molecule has 0 aromatic carbocycles. The lowest BCUT2D eigenvalue weighted by atomic mass is 9.69. The fourth-order valence-corrected chi connectivity index (χ4v) is 4.52. The van der Waals surface area contributed by atoms with Gasteiger partial charge in [-0.15, -0.1) is 0 Å². The minimum absolute atomic E-state index is 0.0411. The molecule has 3 fully saturated rings. The second-order valence-electron chi connectivity index (χ2n) is 10.6. The second-order valence-corrected chi connectivity index (χ2v) is 10.6. The maximum atomic E-state index is 13.2. The number of ether oxygens (including phenoxy) is 5. The van der Waals surface area contributed by atoms with Crippen LogP contribution in [0.2, 0.25) is 0 Å². The molecule has 0 amide bonds. The van der Waals surface area contributed by atoms with Gasteiger partial charge < -0.3 is 28.8 Å². The molecule has 7 atom stereocenters. The molecule has 7 unspecified atom stereocenters. The van der Waals surface area contributed by atoms with Gasteiger partial charge in [0.2, 0.25) is 0 Å². The number of carbonyl (C=O) groups excluding carboxylic acids is 1. The van der Waals surface area contributed by atoms with Gasteiger partial charge in [0, 0.05) is 6.42 Å². The molecular formula is C21H36O7. The van der Waals surface area contributed by atoms with Gasteiger partial charge >= 0.3 is 5.97 Å². The number of esters is 1. The Kier molecular flexibility index (Phi) is 5.65. The smallest absolute Gasteiger partial charge is 0.312 e. The van der Waals surface area contributed by atoms with E-state index in [0.29, 0.717) is 12.8 Å². The van der Waals surface area contributed by atoms with E-state index < -0.39 is 42.1 Å². The van der Waals surface area contributed by atoms with E-state index in [-0.39, 0.29) is 23.4 Å². The number of hydrogen-bond acceptors (Lipinski definition) is 7. The fraction of sp³-hybridized carbons (Fsp3) is 0.952. The summed E-state index contributed by atoms with van der Waals surface area (Å²) in [6.45, 7) is 15.9. The van der Waals surface area contributed by atoms with Crippen LogP contribution >= 0.6 is 0 Å². The summed E-state index contributed by atoms with van der Waals surface area (Å²) < 4.78 is 29.1. The zero-order chi connectivity index (χ0) is 21.1. The van der Waals surface area contributed by atoms with Crippen molar-refractivity contribution in [3.63, 3.8) is 0 Å². The first-order valence-corrected chi connectivity index (χ1v) is 10.3. The zero-order valence-electron chi connectivity index (χ0n) is 18.4. The molecule has 0 spiro atoms. The molecule has 3 saturated heterocycles. The third-order valence-electron chi connectivity index (χ3n) is 6.06. The first-order valence-electron chi connectivity index (χ1n) is 10.3. The van der Waals surface area contributed by atoms with Crippen LogP contribution in [0.5, 0.6) is 0 Å². The van der Waals surface area contributed by atoms with Gasteiger partial charge in [-0.1, -0.05) is 34.6 Å². The molecule has 0 radical (unpaired) electrons. The minimum Gasteiger partial charge on any atom is -0.454 e. The quantitative estimate of drug-likeness (QED) is 0.726.